The van der Waals surface area contributed by atoms with E-state index >= 15 is 0 Å². The van der Waals surface area contributed by atoms with Gasteiger partial charge in [-0.3, -0.25) is 0 Å². The predicted octanol–water partition coefficient (Wildman–Crippen LogP) is 6.02. The van der Waals surface area contributed by atoms with E-state index in [0.717, 1.165) is 11.7 Å². The summed E-state index contributed by atoms with van der Waals surface area (Å²) in [5, 5.41) is 0. The number of rotatable bonds is 4. The topological polar surface area (TPSA) is 9.23 Å². The largest absolute Gasteiger partial charge is 0.497 e. The van der Waals surface area contributed by atoms with Crippen molar-refractivity contribution in [1.29, 1.82) is 0 Å². The average Bonchev–Trinajstić information content (AvgIpc) is 2.89. The van der Waals surface area contributed by atoms with Gasteiger partial charge in [-0.15, -0.1) is 0 Å². The van der Waals surface area contributed by atoms with Gasteiger partial charge in [0.2, 0.25) is 0 Å². The summed E-state index contributed by atoms with van der Waals surface area (Å²) in [6.45, 7) is 7.11. The van der Waals surface area contributed by atoms with Gasteiger partial charge in [-0.05, 0) is 66.7 Å². The maximum Gasteiger partial charge on any atom is 0.118 e. The van der Waals surface area contributed by atoms with Crippen LogP contribution >= 0.6 is 0 Å². The standard InChI is InChI=1S/C21H28O/c1-5-15-11-19-12-18(14-21(19,3)13-16(15)6-2)17-7-9-20(22-4)10-8-17/h7-10,14,19H,5-6,11-13H2,1-4H3/t19-,21+/m1/s1. The van der Waals surface area contributed by atoms with Crippen LogP contribution in [0.5, 0.6) is 5.75 Å². The van der Waals surface area contributed by atoms with E-state index in [2.05, 4.69) is 51.1 Å². The molecule has 1 aromatic rings. The number of fused-ring (bicyclic) bond motifs is 1. The van der Waals surface area contributed by atoms with E-state index in [1.807, 2.05) is 0 Å². The molecule has 2 atom stereocenters. The zero-order chi connectivity index (χ0) is 15.7. The second kappa shape index (κ2) is 5.95. The summed E-state index contributed by atoms with van der Waals surface area (Å²) >= 11 is 0. The Labute approximate surface area is 135 Å². The highest BCUT2D eigenvalue weighted by molar-refractivity contribution is 5.70. The minimum absolute atomic E-state index is 0.360. The Morgan fingerprint density at radius 2 is 1.73 bits per heavy atom. The fourth-order valence-corrected chi connectivity index (χ4v) is 4.38. The molecule has 0 heterocycles. The zero-order valence-corrected chi connectivity index (χ0v) is 14.4. The molecule has 0 bridgehead atoms. The minimum Gasteiger partial charge on any atom is -0.497 e. The molecule has 1 heteroatoms. The van der Waals surface area contributed by atoms with Crippen molar-refractivity contribution in [3.63, 3.8) is 0 Å². The van der Waals surface area contributed by atoms with Crippen molar-refractivity contribution in [3.8, 4) is 5.75 Å². The Balaban J connectivity index is 1.86. The lowest BCUT2D eigenvalue weighted by atomic mass is 9.66. The van der Waals surface area contributed by atoms with Crippen LogP contribution in [-0.4, -0.2) is 7.11 Å². The SMILES string of the molecule is CCC1=C(CC)C[C@@]2(C)C=C(c3ccc(OC)cc3)C[C@H]2C1. The molecule has 0 spiro atoms. The molecule has 0 unspecified atom stereocenters. The monoisotopic (exact) mass is 296 g/mol. The number of benzene rings is 1. The molecule has 1 aromatic carbocycles. The van der Waals surface area contributed by atoms with Crippen molar-refractivity contribution >= 4 is 5.57 Å². The molecule has 0 radical (unpaired) electrons. The highest BCUT2D eigenvalue weighted by Gasteiger charge is 2.41. The van der Waals surface area contributed by atoms with Gasteiger partial charge in [0.15, 0.2) is 0 Å². The number of hydrogen-bond donors (Lipinski definition) is 0. The molecule has 3 rings (SSSR count). The smallest absolute Gasteiger partial charge is 0.118 e. The normalized spacial score (nSPS) is 27.6. The van der Waals surface area contributed by atoms with Gasteiger partial charge in [-0.2, -0.15) is 0 Å². The molecule has 0 amide bonds. The van der Waals surface area contributed by atoms with Crippen molar-refractivity contribution in [3.05, 3.63) is 47.1 Å². The van der Waals surface area contributed by atoms with E-state index in [1.165, 1.54) is 43.2 Å². The number of methoxy groups -OCH3 is 1. The van der Waals surface area contributed by atoms with Crippen LogP contribution in [0.2, 0.25) is 0 Å². The van der Waals surface area contributed by atoms with E-state index < -0.39 is 0 Å². The van der Waals surface area contributed by atoms with Crippen LogP contribution in [0.15, 0.2) is 41.5 Å². The zero-order valence-electron chi connectivity index (χ0n) is 14.4. The fraction of sp³-hybridized carbons (Fsp3) is 0.524. The van der Waals surface area contributed by atoms with Gasteiger partial charge in [0.1, 0.15) is 5.75 Å². The van der Waals surface area contributed by atoms with Crippen molar-refractivity contribution < 1.29 is 4.74 Å². The first-order valence-corrected chi connectivity index (χ1v) is 8.65. The number of hydrogen-bond acceptors (Lipinski definition) is 1. The van der Waals surface area contributed by atoms with E-state index in [4.69, 9.17) is 4.74 Å². The van der Waals surface area contributed by atoms with Crippen molar-refractivity contribution in [2.75, 3.05) is 7.11 Å². The summed E-state index contributed by atoms with van der Waals surface area (Å²) < 4.78 is 5.28. The van der Waals surface area contributed by atoms with E-state index in [9.17, 15) is 0 Å². The number of allylic oxidation sites excluding steroid dienone is 4. The fourth-order valence-electron chi connectivity index (χ4n) is 4.38. The van der Waals surface area contributed by atoms with Gasteiger partial charge in [0, 0.05) is 0 Å². The third kappa shape index (κ3) is 2.62. The summed E-state index contributed by atoms with van der Waals surface area (Å²) in [7, 11) is 1.73. The van der Waals surface area contributed by atoms with Crippen LogP contribution in [0.25, 0.3) is 5.57 Å². The van der Waals surface area contributed by atoms with Gasteiger partial charge in [-0.1, -0.05) is 50.1 Å². The van der Waals surface area contributed by atoms with E-state index in [1.54, 1.807) is 18.3 Å². The first-order valence-electron chi connectivity index (χ1n) is 8.65. The highest BCUT2D eigenvalue weighted by Crippen LogP contribution is 2.55. The maximum absolute atomic E-state index is 5.28. The Kier molecular flexibility index (Phi) is 4.16. The Morgan fingerprint density at radius 1 is 1.05 bits per heavy atom. The highest BCUT2D eigenvalue weighted by atomic mass is 16.5. The Morgan fingerprint density at radius 3 is 2.32 bits per heavy atom. The summed E-state index contributed by atoms with van der Waals surface area (Å²) in [6, 6.07) is 8.57. The molecule has 0 aliphatic heterocycles. The predicted molar refractivity (Wildman–Crippen MR) is 94.0 cm³/mol. The molecule has 118 valence electrons. The van der Waals surface area contributed by atoms with Gasteiger partial charge < -0.3 is 4.74 Å². The molecular formula is C21H28O. The van der Waals surface area contributed by atoms with Crippen LogP contribution in [0.3, 0.4) is 0 Å². The van der Waals surface area contributed by atoms with Crippen molar-refractivity contribution in [2.24, 2.45) is 11.3 Å². The van der Waals surface area contributed by atoms with Crippen LogP contribution in [0, 0.1) is 11.3 Å². The molecule has 2 aliphatic carbocycles. The van der Waals surface area contributed by atoms with E-state index in [-0.39, 0.29) is 0 Å². The van der Waals surface area contributed by atoms with Crippen LogP contribution in [0.1, 0.15) is 58.4 Å². The summed E-state index contributed by atoms with van der Waals surface area (Å²) in [6.07, 6.45) is 8.80. The molecule has 0 fully saturated rings. The molecule has 0 aromatic heterocycles. The minimum atomic E-state index is 0.360. The van der Waals surface area contributed by atoms with Gasteiger partial charge in [0.05, 0.1) is 7.11 Å². The summed E-state index contributed by atoms with van der Waals surface area (Å²) in [5.74, 6) is 1.73. The molecule has 1 nitrogen and oxygen atoms in total. The molecule has 2 aliphatic rings. The first kappa shape index (κ1) is 15.4. The van der Waals surface area contributed by atoms with Gasteiger partial charge in [-0.25, -0.2) is 0 Å². The van der Waals surface area contributed by atoms with Crippen molar-refractivity contribution in [2.45, 2.75) is 52.9 Å². The molecule has 0 saturated carbocycles. The van der Waals surface area contributed by atoms with Crippen LogP contribution < -0.4 is 4.74 Å². The summed E-state index contributed by atoms with van der Waals surface area (Å²) in [4.78, 5) is 0. The molecular weight excluding hydrogens is 268 g/mol. The van der Waals surface area contributed by atoms with Crippen LogP contribution in [-0.2, 0) is 0 Å². The summed E-state index contributed by atoms with van der Waals surface area (Å²) in [5.41, 5.74) is 6.71. The Bertz CT molecular complexity index is 605. The quantitative estimate of drug-likeness (QED) is 0.618. The third-order valence-corrected chi connectivity index (χ3v) is 5.80. The lowest BCUT2D eigenvalue weighted by Crippen LogP contribution is -2.27. The van der Waals surface area contributed by atoms with Gasteiger partial charge >= 0.3 is 0 Å². The van der Waals surface area contributed by atoms with Gasteiger partial charge in [0.25, 0.3) is 0 Å². The molecule has 0 saturated heterocycles. The Hall–Kier alpha value is -1.50. The lowest BCUT2D eigenvalue weighted by molar-refractivity contribution is 0.251. The average molecular weight is 296 g/mol. The second-order valence-electron chi connectivity index (χ2n) is 7.10. The molecule has 22 heavy (non-hydrogen) atoms. The third-order valence-electron chi connectivity index (χ3n) is 5.80. The first-order chi connectivity index (χ1) is 10.6. The van der Waals surface area contributed by atoms with Crippen molar-refractivity contribution in [1.82, 2.24) is 0 Å². The maximum atomic E-state index is 5.28. The second-order valence-corrected chi connectivity index (χ2v) is 7.10. The number of ether oxygens (including phenoxy) is 1. The molecule has 0 N–H and O–H groups in total. The van der Waals surface area contributed by atoms with Crippen LogP contribution in [0.4, 0.5) is 0 Å². The lowest BCUT2D eigenvalue weighted by Gasteiger charge is -2.38. The van der Waals surface area contributed by atoms with E-state index in [0.29, 0.717) is 5.41 Å².